The number of rotatable bonds is 6. The molecule has 126 valence electrons. The van der Waals surface area contributed by atoms with Gasteiger partial charge in [0.2, 0.25) is 5.91 Å². The highest BCUT2D eigenvalue weighted by Gasteiger charge is 2.32. The van der Waals surface area contributed by atoms with Crippen LogP contribution in [0.4, 0.5) is 0 Å². The molecule has 0 bridgehead atoms. The maximum atomic E-state index is 12.0. The molecule has 0 radical (unpaired) electrons. The number of benzene rings is 1. The molecule has 3 rings (SSSR count). The van der Waals surface area contributed by atoms with Gasteiger partial charge in [-0.1, -0.05) is 12.1 Å². The molecule has 2 aliphatic rings. The fourth-order valence-electron chi connectivity index (χ4n) is 2.91. The van der Waals surface area contributed by atoms with Crippen molar-refractivity contribution >= 4 is 5.91 Å². The molecule has 5 heteroatoms. The van der Waals surface area contributed by atoms with Crippen LogP contribution in [0.2, 0.25) is 0 Å². The minimum atomic E-state index is 0.0323. The van der Waals surface area contributed by atoms with Gasteiger partial charge >= 0.3 is 0 Å². The Morgan fingerprint density at radius 1 is 1.35 bits per heavy atom. The highest BCUT2D eigenvalue weighted by atomic mass is 16.5. The van der Waals surface area contributed by atoms with E-state index in [0.717, 1.165) is 25.2 Å². The van der Waals surface area contributed by atoms with Crippen LogP contribution in [0.5, 0.6) is 5.75 Å². The van der Waals surface area contributed by atoms with Crippen LogP contribution < -0.4 is 4.74 Å². The van der Waals surface area contributed by atoms with Crippen molar-refractivity contribution in [1.82, 2.24) is 4.90 Å². The van der Waals surface area contributed by atoms with Gasteiger partial charge in [-0.25, -0.2) is 0 Å². The van der Waals surface area contributed by atoms with E-state index in [9.17, 15) is 4.79 Å². The zero-order valence-electron chi connectivity index (χ0n) is 13.7. The molecule has 0 aliphatic carbocycles. The molecular weight excluding hydrogens is 294 g/mol. The highest BCUT2D eigenvalue weighted by molar-refractivity contribution is 5.78. The second-order valence-corrected chi connectivity index (χ2v) is 6.36. The Morgan fingerprint density at radius 3 is 2.96 bits per heavy atom. The first kappa shape index (κ1) is 16.3. The number of hydrogen-bond acceptors (Lipinski definition) is 4. The lowest BCUT2D eigenvalue weighted by Gasteiger charge is -2.39. The SMILES string of the molecule is Cc1cccc(OC2CN(C(=O)COC[C@H]3CCCCO3)C2)c1. The smallest absolute Gasteiger partial charge is 0.248 e. The monoisotopic (exact) mass is 319 g/mol. The molecule has 23 heavy (non-hydrogen) atoms. The van der Waals surface area contributed by atoms with Crippen LogP contribution in [0.3, 0.4) is 0 Å². The van der Waals surface area contributed by atoms with Crippen molar-refractivity contribution in [3.05, 3.63) is 29.8 Å². The van der Waals surface area contributed by atoms with Gasteiger partial charge < -0.3 is 19.1 Å². The average molecular weight is 319 g/mol. The summed E-state index contributed by atoms with van der Waals surface area (Å²) in [7, 11) is 0. The number of likely N-dealkylation sites (tertiary alicyclic amines) is 1. The van der Waals surface area contributed by atoms with E-state index in [1.54, 1.807) is 4.90 Å². The number of carbonyl (C=O) groups excluding carboxylic acids is 1. The summed E-state index contributed by atoms with van der Waals surface area (Å²) in [5.74, 6) is 0.901. The molecule has 0 saturated carbocycles. The first-order chi connectivity index (χ1) is 11.2. The Balaban J connectivity index is 1.31. The summed E-state index contributed by atoms with van der Waals surface area (Å²) in [5.41, 5.74) is 1.17. The molecule has 0 unspecified atom stereocenters. The van der Waals surface area contributed by atoms with E-state index in [2.05, 4.69) is 0 Å². The van der Waals surface area contributed by atoms with Gasteiger partial charge in [-0.05, 0) is 43.9 Å². The Labute approximate surface area is 137 Å². The van der Waals surface area contributed by atoms with Gasteiger partial charge in [-0.3, -0.25) is 4.79 Å². The molecule has 0 aromatic heterocycles. The lowest BCUT2D eigenvalue weighted by Crippen LogP contribution is -2.57. The third-order valence-corrected chi connectivity index (χ3v) is 4.30. The molecule has 0 N–H and O–H groups in total. The second kappa shape index (κ2) is 7.79. The van der Waals surface area contributed by atoms with E-state index in [1.165, 1.54) is 12.0 Å². The van der Waals surface area contributed by atoms with Crippen molar-refractivity contribution in [2.75, 3.05) is 32.9 Å². The third-order valence-electron chi connectivity index (χ3n) is 4.30. The largest absolute Gasteiger partial charge is 0.487 e. The van der Waals surface area contributed by atoms with Crippen LogP contribution >= 0.6 is 0 Å². The molecule has 2 fully saturated rings. The number of ether oxygens (including phenoxy) is 3. The maximum absolute atomic E-state index is 12.0. The van der Waals surface area contributed by atoms with E-state index in [4.69, 9.17) is 14.2 Å². The summed E-state index contributed by atoms with van der Waals surface area (Å²) >= 11 is 0. The molecule has 1 aromatic carbocycles. The molecule has 0 spiro atoms. The van der Waals surface area contributed by atoms with E-state index in [-0.39, 0.29) is 24.7 Å². The van der Waals surface area contributed by atoms with Gasteiger partial charge in [-0.15, -0.1) is 0 Å². The van der Waals surface area contributed by atoms with Gasteiger partial charge in [0.15, 0.2) is 0 Å². The Morgan fingerprint density at radius 2 is 2.22 bits per heavy atom. The van der Waals surface area contributed by atoms with Crippen LogP contribution in [0, 0.1) is 6.92 Å². The topological polar surface area (TPSA) is 48.0 Å². The molecule has 2 saturated heterocycles. The highest BCUT2D eigenvalue weighted by Crippen LogP contribution is 2.19. The average Bonchev–Trinajstić information content (AvgIpc) is 2.51. The van der Waals surface area contributed by atoms with Crippen molar-refractivity contribution in [3.8, 4) is 5.75 Å². The number of nitrogens with zero attached hydrogens (tertiary/aromatic N) is 1. The van der Waals surface area contributed by atoms with Crippen molar-refractivity contribution < 1.29 is 19.0 Å². The third kappa shape index (κ3) is 4.69. The number of carbonyl (C=O) groups is 1. The minimum Gasteiger partial charge on any atom is -0.487 e. The maximum Gasteiger partial charge on any atom is 0.248 e. The fourth-order valence-corrected chi connectivity index (χ4v) is 2.91. The first-order valence-electron chi connectivity index (χ1n) is 8.41. The van der Waals surface area contributed by atoms with Crippen molar-refractivity contribution in [1.29, 1.82) is 0 Å². The normalized spacial score (nSPS) is 21.8. The first-order valence-corrected chi connectivity index (χ1v) is 8.41. The lowest BCUT2D eigenvalue weighted by atomic mass is 10.1. The summed E-state index contributed by atoms with van der Waals surface area (Å²) in [6, 6.07) is 7.98. The zero-order valence-corrected chi connectivity index (χ0v) is 13.7. The van der Waals surface area contributed by atoms with Gasteiger partial charge in [0.25, 0.3) is 0 Å². The standard InChI is InChI=1S/C18H25NO4/c1-14-5-4-7-15(9-14)23-17-10-19(11-17)18(20)13-21-12-16-6-2-3-8-22-16/h4-5,7,9,16-17H,2-3,6,8,10-13H2,1H3/t16-/m1/s1. The van der Waals surface area contributed by atoms with E-state index < -0.39 is 0 Å². The molecule has 1 atom stereocenters. The van der Waals surface area contributed by atoms with Crippen LogP contribution in [0.25, 0.3) is 0 Å². The summed E-state index contributed by atoms with van der Waals surface area (Å²) in [4.78, 5) is 13.8. The summed E-state index contributed by atoms with van der Waals surface area (Å²) in [6.45, 7) is 4.77. The van der Waals surface area contributed by atoms with Crippen molar-refractivity contribution in [2.24, 2.45) is 0 Å². The molecule has 2 heterocycles. The van der Waals surface area contributed by atoms with Gasteiger partial charge in [-0.2, -0.15) is 0 Å². The lowest BCUT2D eigenvalue weighted by molar-refractivity contribution is -0.146. The van der Waals surface area contributed by atoms with Crippen LogP contribution in [0.1, 0.15) is 24.8 Å². The van der Waals surface area contributed by atoms with Crippen molar-refractivity contribution in [3.63, 3.8) is 0 Å². The van der Waals surface area contributed by atoms with Crippen LogP contribution in [-0.4, -0.2) is 55.9 Å². The Hall–Kier alpha value is -1.59. The summed E-state index contributed by atoms with van der Waals surface area (Å²) in [6.07, 6.45) is 3.59. The van der Waals surface area contributed by atoms with E-state index in [1.807, 2.05) is 31.2 Å². The van der Waals surface area contributed by atoms with E-state index in [0.29, 0.717) is 19.7 Å². The number of hydrogen-bond donors (Lipinski definition) is 0. The van der Waals surface area contributed by atoms with Crippen LogP contribution in [0.15, 0.2) is 24.3 Å². The zero-order chi connectivity index (χ0) is 16.1. The predicted octanol–water partition coefficient (Wildman–Crippen LogP) is 2.17. The Kier molecular flexibility index (Phi) is 5.51. The fraction of sp³-hybridized carbons (Fsp3) is 0.611. The van der Waals surface area contributed by atoms with Gasteiger partial charge in [0, 0.05) is 6.61 Å². The second-order valence-electron chi connectivity index (χ2n) is 6.36. The molecule has 1 amide bonds. The van der Waals surface area contributed by atoms with E-state index >= 15 is 0 Å². The molecule has 5 nitrogen and oxygen atoms in total. The molecule has 1 aromatic rings. The Bertz CT molecular complexity index is 522. The minimum absolute atomic E-state index is 0.0323. The number of aryl methyl sites for hydroxylation is 1. The molecular formula is C18H25NO4. The quantitative estimate of drug-likeness (QED) is 0.806. The summed E-state index contributed by atoms with van der Waals surface area (Å²) in [5, 5.41) is 0. The summed E-state index contributed by atoms with van der Waals surface area (Å²) < 4.78 is 16.9. The number of amides is 1. The van der Waals surface area contributed by atoms with Crippen LogP contribution in [-0.2, 0) is 14.3 Å². The van der Waals surface area contributed by atoms with Gasteiger partial charge in [0.05, 0.1) is 25.8 Å². The molecule has 2 aliphatic heterocycles. The van der Waals surface area contributed by atoms with Gasteiger partial charge in [0.1, 0.15) is 18.5 Å². The van der Waals surface area contributed by atoms with Crippen molar-refractivity contribution in [2.45, 2.75) is 38.4 Å². The predicted molar refractivity (Wildman–Crippen MR) is 86.6 cm³/mol.